The van der Waals surface area contributed by atoms with Crippen molar-refractivity contribution in [3.05, 3.63) is 145 Å². The van der Waals surface area contributed by atoms with Gasteiger partial charge in [-0.25, -0.2) is 4.98 Å². The predicted octanol–water partition coefficient (Wildman–Crippen LogP) is 5.15. The van der Waals surface area contributed by atoms with Crippen LogP contribution >= 0.6 is 0 Å². The van der Waals surface area contributed by atoms with E-state index in [9.17, 15) is 5.11 Å². The summed E-state index contributed by atoms with van der Waals surface area (Å²) in [6.07, 6.45) is 0. The zero-order valence-electron chi connectivity index (χ0n) is 26.6. The van der Waals surface area contributed by atoms with Crippen LogP contribution in [0.1, 0.15) is 5.82 Å². The summed E-state index contributed by atoms with van der Waals surface area (Å²) in [5.41, 5.74) is 7.78. The normalized spacial score (nSPS) is 12.4. The molecule has 0 fully saturated rings. The monoisotopic (exact) mass is 588 g/mol. The van der Waals surface area contributed by atoms with Crippen LogP contribution in [0.4, 0.5) is 0 Å². The van der Waals surface area contributed by atoms with Crippen molar-refractivity contribution in [1.29, 1.82) is 0 Å². The Morgan fingerprint density at radius 1 is 0.522 bits per heavy atom. The number of hydrogen-bond donors (Lipinski definition) is 1. The molecule has 8 rings (SSSR count). The number of hydrogen-bond acceptors (Lipinski definition) is 2. The number of nitrogens with zero attached hydrogens (tertiary/aromatic N) is 2. The molecule has 0 bridgehead atoms. The number of aliphatic hydroxyl groups is 1. The highest BCUT2D eigenvalue weighted by molar-refractivity contribution is 6.53. The highest BCUT2D eigenvalue weighted by Gasteiger charge is 2.40. The van der Waals surface area contributed by atoms with E-state index < -0.39 is 10.6 Å². The van der Waals surface area contributed by atoms with Crippen LogP contribution in [0, 0.1) is 0 Å². The van der Waals surface area contributed by atoms with Crippen LogP contribution in [0.3, 0.4) is 0 Å². The van der Waals surface area contributed by atoms with Gasteiger partial charge in [0.2, 0.25) is 0 Å². The van der Waals surface area contributed by atoms with Gasteiger partial charge in [0.25, 0.3) is 0 Å². The van der Waals surface area contributed by atoms with E-state index in [0.717, 1.165) is 28.1 Å². The van der Waals surface area contributed by atoms with Crippen LogP contribution in [0.2, 0.25) is 0 Å². The molecule has 0 spiro atoms. The Balaban J connectivity index is 1.41. The summed E-state index contributed by atoms with van der Waals surface area (Å²) in [5, 5.41) is 17.1. The molecule has 3 nitrogen and oxygen atoms in total. The molecule has 1 aromatic heterocycles. The maximum absolute atomic E-state index is 11.3. The van der Waals surface area contributed by atoms with E-state index in [1.807, 2.05) is 27.8 Å². The molecule has 0 aliphatic rings. The summed E-state index contributed by atoms with van der Waals surface area (Å²) >= 11 is 0. The average molecular weight is 588 g/mol. The highest BCUT2D eigenvalue weighted by atomic mass is 16.3. The molecule has 8 aromatic rings. The number of para-hydroxylation sites is 2. The molecule has 0 aliphatic carbocycles. The summed E-state index contributed by atoms with van der Waals surface area (Å²) in [5.74, 6) is 0.833. The van der Waals surface area contributed by atoms with Crippen molar-refractivity contribution < 1.29 is 5.11 Å². The summed E-state index contributed by atoms with van der Waals surface area (Å²) in [6.45, 7) is 0. The van der Waals surface area contributed by atoms with Crippen LogP contribution in [-0.2, 0) is 5.21 Å². The van der Waals surface area contributed by atoms with Gasteiger partial charge in [0, 0.05) is 5.69 Å². The van der Waals surface area contributed by atoms with Gasteiger partial charge >= 0.3 is 0 Å². The fraction of sp³-hybridized carbons (Fsp3) is 0.0513. The molecule has 0 saturated carbocycles. The lowest BCUT2D eigenvalue weighted by Gasteiger charge is -2.38. The summed E-state index contributed by atoms with van der Waals surface area (Å²) in [4.78, 5) is 5.10. The Morgan fingerprint density at radius 2 is 1.07 bits per heavy atom. The second-order valence-corrected chi connectivity index (χ2v) is 13.4. The molecule has 1 heterocycles. The van der Waals surface area contributed by atoms with Gasteiger partial charge in [-0.05, 0) is 95.5 Å². The van der Waals surface area contributed by atoms with E-state index in [1.165, 1.54) is 49.0 Å². The van der Waals surface area contributed by atoms with Crippen LogP contribution in [0.5, 0.6) is 0 Å². The molecule has 0 radical (unpaired) electrons. The number of rotatable bonds is 5. The fourth-order valence-corrected chi connectivity index (χ4v) is 6.88. The SMILES string of the molecule is BC(B)(O)C(B)(B)c1nc2ccccc2n1-c1cccc(-c2c3ccccc3c(-c3ccc4ccccc4c3)c3ccccc23)c1. The lowest BCUT2D eigenvalue weighted by Crippen LogP contribution is -2.55. The molecule has 0 atom stereocenters. The molecule has 216 valence electrons. The Labute approximate surface area is 272 Å². The topological polar surface area (TPSA) is 38.1 Å². The van der Waals surface area contributed by atoms with Gasteiger partial charge in [-0.1, -0.05) is 109 Å². The van der Waals surface area contributed by atoms with Crippen molar-refractivity contribution in [2.24, 2.45) is 0 Å². The Hall–Kier alpha value is -4.99. The Bertz CT molecular complexity index is 2400. The standard InChI is InChI=1S/C39H32B4N2O/c40-38(41,39(42,43)46)37-44-33-18-7-8-19-34(33)45(37)28-13-9-12-26(23-28)35-29-14-3-5-16-31(29)36(32-17-6-4-15-30(32)35)27-21-20-24-10-1-2-11-25(24)22-27/h1-23,46H,40-43H2. The van der Waals surface area contributed by atoms with E-state index >= 15 is 0 Å². The van der Waals surface area contributed by atoms with Gasteiger partial charge in [0.05, 0.1) is 11.0 Å². The molecular formula is C39H32B4N2O. The second-order valence-electron chi connectivity index (χ2n) is 13.4. The van der Waals surface area contributed by atoms with Gasteiger partial charge in [0.1, 0.15) is 37.2 Å². The van der Waals surface area contributed by atoms with Crippen LogP contribution in [-0.4, -0.2) is 51.4 Å². The molecular weight excluding hydrogens is 556 g/mol. The first-order valence-corrected chi connectivity index (χ1v) is 16.0. The van der Waals surface area contributed by atoms with Gasteiger partial charge in [-0.2, -0.15) is 0 Å². The van der Waals surface area contributed by atoms with Crippen molar-refractivity contribution in [2.75, 3.05) is 0 Å². The number of aromatic nitrogens is 2. The summed E-state index contributed by atoms with van der Waals surface area (Å²) in [6, 6.07) is 50.0. The molecule has 0 saturated heterocycles. The zero-order valence-corrected chi connectivity index (χ0v) is 26.6. The molecule has 1 N–H and O–H groups in total. The maximum atomic E-state index is 11.3. The molecule has 46 heavy (non-hydrogen) atoms. The van der Waals surface area contributed by atoms with Crippen molar-refractivity contribution in [1.82, 2.24) is 9.55 Å². The Kier molecular flexibility index (Phi) is 6.52. The van der Waals surface area contributed by atoms with E-state index in [2.05, 4.69) is 148 Å². The summed E-state index contributed by atoms with van der Waals surface area (Å²) in [7, 11) is 7.87. The van der Waals surface area contributed by atoms with E-state index in [-0.39, 0.29) is 0 Å². The third-order valence-corrected chi connectivity index (χ3v) is 10.0. The second kappa shape index (κ2) is 10.5. The Morgan fingerprint density at radius 3 is 1.70 bits per heavy atom. The van der Waals surface area contributed by atoms with E-state index in [1.54, 1.807) is 0 Å². The van der Waals surface area contributed by atoms with E-state index in [0.29, 0.717) is 0 Å². The van der Waals surface area contributed by atoms with Gasteiger partial charge in [-0.3, -0.25) is 4.57 Å². The van der Waals surface area contributed by atoms with Crippen molar-refractivity contribution >= 4 is 74.7 Å². The molecule has 0 amide bonds. The van der Waals surface area contributed by atoms with Crippen molar-refractivity contribution in [3.8, 4) is 27.9 Å². The third kappa shape index (κ3) is 4.41. The lowest BCUT2D eigenvalue weighted by molar-refractivity contribution is 0.189. The molecule has 7 aromatic carbocycles. The van der Waals surface area contributed by atoms with Crippen LogP contribution in [0.15, 0.2) is 140 Å². The number of benzene rings is 7. The van der Waals surface area contributed by atoms with Gasteiger partial charge in [0.15, 0.2) is 0 Å². The molecule has 7 heteroatoms. The first-order chi connectivity index (χ1) is 22.2. The lowest BCUT2D eigenvalue weighted by atomic mass is 9.35. The minimum Gasteiger partial charge on any atom is -0.408 e. The van der Waals surface area contributed by atoms with E-state index in [4.69, 9.17) is 4.98 Å². The highest BCUT2D eigenvalue weighted by Crippen LogP contribution is 2.44. The quantitative estimate of drug-likeness (QED) is 0.223. The third-order valence-electron chi connectivity index (χ3n) is 10.0. The largest absolute Gasteiger partial charge is 0.408 e. The van der Waals surface area contributed by atoms with Gasteiger partial charge in [-0.15, -0.1) is 0 Å². The van der Waals surface area contributed by atoms with Crippen LogP contribution < -0.4 is 0 Å². The number of imidazole rings is 1. The minimum absolute atomic E-state index is 0.622. The van der Waals surface area contributed by atoms with Crippen molar-refractivity contribution in [2.45, 2.75) is 10.6 Å². The smallest absolute Gasteiger partial charge is 0.131 e. The summed E-state index contributed by atoms with van der Waals surface area (Å²) < 4.78 is 2.23. The number of fused-ring (bicyclic) bond motifs is 4. The average Bonchev–Trinajstić information content (AvgIpc) is 3.47. The van der Waals surface area contributed by atoms with Crippen molar-refractivity contribution in [3.63, 3.8) is 0 Å². The predicted molar refractivity (Wildman–Crippen MR) is 205 cm³/mol. The molecule has 0 unspecified atom stereocenters. The fourth-order valence-electron chi connectivity index (χ4n) is 6.88. The first-order valence-electron chi connectivity index (χ1n) is 16.0. The minimum atomic E-state index is -0.991. The maximum Gasteiger partial charge on any atom is 0.131 e. The molecule has 0 aliphatic heterocycles. The first kappa shape index (κ1) is 28.5. The zero-order chi connectivity index (χ0) is 31.6. The van der Waals surface area contributed by atoms with Crippen LogP contribution in [0.25, 0.3) is 71.3 Å². The van der Waals surface area contributed by atoms with Gasteiger partial charge < -0.3 is 5.11 Å².